The van der Waals surface area contributed by atoms with Gasteiger partial charge in [-0.2, -0.15) is 4.31 Å². The molecule has 1 fully saturated rings. The van der Waals surface area contributed by atoms with E-state index in [0.29, 0.717) is 25.3 Å². The molecule has 2 aliphatic heterocycles. The quantitative estimate of drug-likeness (QED) is 0.688. The number of benzene rings is 2. The van der Waals surface area contributed by atoms with Gasteiger partial charge < -0.3 is 10.1 Å². The summed E-state index contributed by atoms with van der Waals surface area (Å²) in [4.78, 5) is 14.8. The summed E-state index contributed by atoms with van der Waals surface area (Å²) >= 11 is 6.23. The van der Waals surface area contributed by atoms with E-state index in [0.717, 1.165) is 43.5 Å². The van der Waals surface area contributed by atoms with Crippen molar-refractivity contribution in [3.05, 3.63) is 52.5 Å². The molecule has 0 spiro atoms. The Hall–Kier alpha value is -2.13. The molecule has 2 heterocycles. The molecule has 1 N–H and O–H groups in total. The van der Waals surface area contributed by atoms with E-state index in [1.165, 1.54) is 22.0 Å². The van der Waals surface area contributed by atoms with Crippen molar-refractivity contribution in [3.63, 3.8) is 0 Å². The number of sulfonamides is 1. The number of methoxy groups -OCH3 is 1. The molecule has 2 aliphatic rings. The Morgan fingerprint density at radius 2 is 1.84 bits per heavy atom. The summed E-state index contributed by atoms with van der Waals surface area (Å²) < 4.78 is 32.9. The Morgan fingerprint density at radius 1 is 1.06 bits per heavy atom. The van der Waals surface area contributed by atoms with Crippen LogP contribution in [0.5, 0.6) is 5.75 Å². The van der Waals surface area contributed by atoms with Crippen LogP contribution >= 0.6 is 11.6 Å². The van der Waals surface area contributed by atoms with Crippen LogP contribution in [-0.4, -0.2) is 56.8 Å². The Bertz CT molecular complexity index is 1100. The normalized spacial score (nSPS) is 17.6. The van der Waals surface area contributed by atoms with Gasteiger partial charge in [-0.1, -0.05) is 24.1 Å². The Labute approximate surface area is 194 Å². The van der Waals surface area contributed by atoms with E-state index in [9.17, 15) is 13.2 Å². The van der Waals surface area contributed by atoms with Crippen LogP contribution in [0.15, 0.2) is 41.3 Å². The molecule has 0 unspecified atom stereocenters. The molecular formula is C23H28ClN3O4S. The number of amides is 1. The molecular weight excluding hydrogens is 450 g/mol. The first kappa shape index (κ1) is 23.0. The predicted octanol–water partition coefficient (Wildman–Crippen LogP) is 3.52. The van der Waals surface area contributed by atoms with Gasteiger partial charge in [0, 0.05) is 31.9 Å². The van der Waals surface area contributed by atoms with E-state index in [-0.39, 0.29) is 22.4 Å². The van der Waals surface area contributed by atoms with E-state index in [1.54, 1.807) is 13.2 Å². The minimum atomic E-state index is -3.69. The molecule has 32 heavy (non-hydrogen) atoms. The van der Waals surface area contributed by atoms with Crippen molar-refractivity contribution >= 4 is 33.2 Å². The lowest BCUT2D eigenvalue weighted by atomic mass is 9.99. The molecule has 0 radical (unpaired) electrons. The third-order valence-electron chi connectivity index (χ3n) is 6.02. The highest BCUT2D eigenvalue weighted by molar-refractivity contribution is 7.89. The standard InChI is InChI=1S/C23H28ClN3O4S/c1-31-20-7-5-17-9-12-26(15-18(17)13-20)16-23(28)25-19-6-8-21(24)22(14-19)32(29,30)27-10-3-2-4-11-27/h5-8,13-14H,2-4,9-12,15-16H2,1H3,(H,25,28). The fourth-order valence-corrected chi connectivity index (χ4v) is 6.30. The summed E-state index contributed by atoms with van der Waals surface area (Å²) in [6, 6.07) is 10.7. The molecule has 172 valence electrons. The molecule has 4 rings (SSSR count). The lowest BCUT2D eigenvalue weighted by Crippen LogP contribution is -2.37. The first-order valence-corrected chi connectivity index (χ1v) is 12.7. The number of carbonyl (C=O) groups is 1. The maximum absolute atomic E-state index is 13.0. The summed E-state index contributed by atoms with van der Waals surface area (Å²) in [6.45, 7) is 2.65. The van der Waals surface area contributed by atoms with Crippen molar-refractivity contribution in [3.8, 4) is 5.75 Å². The third-order valence-corrected chi connectivity index (χ3v) is 8.40. The summed E-state index contributed by atoms with van der Waals surface area (Å²) in [6.07, 6.45) is 3.59. The largest absolute Gasteiger partial charge is 0.497 e. The number of piperidine rings is 1. The highest BCUT2D eigenvalue weighted by Gasteiger charge is 2.28. The van der Waals surface area contributed by atoms with E-state index < -0.39 is 10.0 Å². The zero-order valence-electron chi connectivity index (χ0n) is 18.1. The van der Waals surface area contributed by atoms with Gasteiger partial charge in [-0.3, -0.25) is 9.69 Å². The van der Waals surface area contributed by atoms with Crippen LogP contribution < -0.4 is 10.1 Å². The molecule has 0 saturated carbocycles. The van der Waals surface area contributed by atoms with Crippen molar-refractivity contribution in [2.45, 2.75) is 37.1 Å². The summed E-state index contributed by atoms with van der Waals surface area (Å²) in [5.41, 5.74) is 2.85. The number of hydrogen-bond acceptors (Lipinski definition) is 5. The molecule has 0 bridgehead atoms. The van der Waals surface area contributed by atoms with Gasteiger partial charge in [-0.05, 0) is 60.7 Å². The predicted molar refractivity (Wildman–Crippen MR) is 125 cm³/mol. The second-order valence-corrected chi connectivity index (χ2v) is 10.6. The van der Waals surface area contributed by atoms with Crippen LogP contribution in [0.1, 0.15) is 30.4 Å². The number of hydrogen-bond donors (Lipinski definition) is 1. The van der Waals surface area contributed by atoms with Crippen molar-refractivity contribution in [2.75, 3.05) is 38.6 Å². The highest BCUT2D eigenvalue weighted by Crippen LogP contribution is 2.29. The van der Waals surface area contributed by atoms with Gasteiger partial charge >= 0.3 is 0 Å². The smallest absolute Gasteiger partial charge is 0.244 e. The Balaban J connectivity index is 1.43. The number of carbonyl (C=O) groups excluding carboxylic acids is 1. The monoisotopic (exact) mass is 477 g/mol. The minimum absolute atomic E-state index is 0.0397. The van der Waals surface area contributed by atoms with Crippen LogP contribution in [0.3, 0.4) is 0 Å². The van der Waals surface area contributed by atoms with Crippen molar-refractivity contribution in [2.24, 2.45) is 0 Å². The van der Waals surface area contributed by atoms with Crippen molar-refractivity contribution in [1.29, 1.82) is 0 Å². The number of nitrogens with one attached hydrogen (secondary N) is 1. The molecule has 0 aliphatic carbocycles. The van der Waals surface area contributed by atoms with Crippen molar-refractivity contribution < 1.29 is 17.9 Å². The van der Waals surface area contributed by atoms with Crippen LogP contribution in [0.2, 0.25) is 5.02 Å². The highest BCUT2D eigenvalue weighted by atomic mass is 35.5. The summed E-state index contributed by atoms with van der Waals surface area (Å²) in [5, 5.41) is 2.99. The molecule has 1 saturated heterocycles. The maximum atomic E-state index is 13.0. The minimum Gasteiger partial charge on any atom is -0.497 e. The first-order chi connectivity index (χ1) is 15.4. The van der Waals surface area contributed by atoms with E-state index >= 15 is 0 Å². The molecule has 0 atom stereocenters. The second-order valence-electron chi connectivity index (χ2n) is 8.25. The van der Waals surface area contributed by atoms with Crippen LogP contribution in [0.4, 0.5) is 5.69 Å². The number of fused-ring (bicyclic) bond motifs is 1. The number of rotatable bonds is 6. The first-order valence-electron chi connectivity index (χ1n) is 10.8. The maximum Gasteiger partial charge on any atom is 0.244 e. The van der Waals surface area contributed by atoms with E-state index in [1.807, 2.05) is 12.1 Å². The van der Waals surface area contributed by atoms with Gasteiger partial charge in [0.15, 0.2) is 0 Å². The number of anilines is 1. The molecule has 9 heteroatoms. The molecule has 2 aromatic carbocycles. The van der Waals surface area contributed by atoms with Crippen molar-refractivity contribution in [1.82, 2.24) is 9.21 Å². The Kier molecular flexibility index (Phi) is 7.05. The van der Waals surface area contributed by atoms with E-state index in [2.05, 4.69) is 16.3 Å². The van der Waals surface area contributed by atoms with Crippen LogP contribution in [0, 0.1) is 0 Å². The summed E-state index contributed by atoms with van der Waals surface area (Å²) in [5.74, 6) is 0.610. The summed E-state index contributed by atoms with van der Waals surface area (Å²) in [7, 11) is -2.05. The van der Waals surface area contributed by atoms with E-state index in [4.69, 9.17) is 16.3 Å². The topological polar surface area (TPSA) is 79.0 Å². The fourth-order valence-electron chi connectivity index (χ4n) is 4.28. The number of ether oxygens (including phenoxy) is 1. The van der Waals surface area contributed by atoms with Crippen LogP contribution in [-0.2, 0) is 27.8 Å². The van der Waals surface area contributed by atoms with Gasteiger partial charge in [-0.25, -0.2) is 8.42 Å². The second kappa shape index (κ2) is 9.79. The zero-order chi connectivity index (χ0) is 22.7. The SMILES string of the molecule is COc1ccc2c(c1)CN(CC(=O)Nc1ccc(Cl)c(S(=O)(=O)N3CCCCC3)c1)CC2. The van der Waals surface area contributed by atoms with Gasteiger partial charge in [0.05, 0.1) is 18.7 Å². The molecule has 1 amide bonds. The average molecular weight is 478 g/mol. The zero-order valence-corrected chi connectivity index (χ0v) is 19.7. The molecule has 0 aromatic heterocycles. The van der Waals surface area contributed by atoms with Gasteiger partial charge in [0.25, 0.3) is 0 Å². The molecule has 2 aromatic rings. The van der Waals surface area contributed by atoms with Gasteiger partial charge in [-0.15, -0.1) is 0 Å². The fraction of sp³-hybridized carbons (Fsp3) is 0.435. The lowest BCUT2D eigenvalue weighted by Gasteiger charge is -2.28. The lowest BCUT2D eigenvalue weighted by molar-refractivity contribution is -0.117. The van der Waals surface area contributed by atoms with Gasteiger partial charge in [0.1, 0.15) is 10.6 Å². The third kappa shape index (κ3) is 5.09. The Morgan fingerprint density at radius 3 is 2.59 bits per heavy atom. The van der Waals surface area contributed by atoms with Crippen LogP contribution in [0.25, 0.3) is 0 Å². The average Bonchev–Trinajstić information content (AvgIpc) is 2.80. The number of nitrogens with zero attached hydrogens (tertiary/aromatic N) is 2. The molecule has 7 nitrogen and oxygen atoms in total. The number of halogens is 1. The van der Waals surface area contributed by atoms with Gasteiger partial charge in [0.2, 0.25) is 15.9 Å².